The molecule has 0 aromatic heterocycles. The van der Waals surface area contributed by atoms with E-state index in [1.54, 1.807) is 24.3 Å². The van der Waals surface area contributed by atoms with Crippen LogP contribution in [-0.2, 0) is 9.84 Å². The second kappa shape index (κ2) is 6.92. The highest BCUT2D eigenvalue weighted by Crippen LogP contribution is 2.29. The lowest BCUT2D eigenvalue weighted by molar-refractivity contribution is 0.372. The predicted octanol–water partition coefficient (Wildman–Crippen LogP) is 3.42. The SMILES string of the molecule is CCCNC1CCCC(S(=O)(=O)c2cccc(Cl)c2)C1. The smallest absolute Gasteiger partial charge is 0.181 e. The molecule has 1 aliphatic carbocycles. The van der Waals surface area contributed by atoms with Crippen molar-refractivity contribution in [3.05, 3.63) is 29.3 Å². The monoisotopic (exact) mass is 315 g/mol. The van der Waals surface area contributed by atoms with Crippen molar-refractivity contribution in [1.29, 1.82) is 0 Å². The Bertz CT molecular complexity index is 545. The lowest BCUT2D eigenvalue weighted by Crippen LogP contribution is -2.39. The summed E-state index contributed by atoms with van der Waals surface area (Å²) in [5.41, 5.74) is 0. The van der Waals surface area contributed by atoms with Crippen LogP contribution in [0.25, 0.3) is 0 Å². The van der Waals surface area contributed by atoms with E-state index in [1.807, 2.05) is 0 Å². The highest BCUT2D eigenvalue weighted by atomic mass is 35.5. The molecule has 1 fully saturated rings. The maximum Gasteiger partial charge on any atom is 0.181 e. The van der Waals surface area contributed by atoms with E-state index in [-0.39, 0.29) is 5.25 Å². The Hall–Kier alpha value is -0.580. The van der Waals surface area contributed by atoms with Crippen LogP contribution in [0.4, 0.5) is 0 Å². The molecule has 5 heteroatoms. The third kappa shape index (κ3) is 3.74. The van der Waals surface area contributed by atoms with Crippen LogP contribution in [0.5, 0.6) is 0 Å². The minimum absolute atomic E-state index is 0.288. The molecule has 20 heavy (non-hydrogen) atoms. The van der Waals surface area contributed by atoms with Gasteiger partial charge in [0.1, 0.15) is 0 Å². The fourth-order valence-corrected chi connectivity index (χ4v) is 4.96. The Morgan fingerprint density at radius 2 is 2.15 bits per heavy atom. The summed E-state index contributed by atoms with van der Waals surface area (Å²) in [6, 6.07) is 6.92. The average Bonchev–Trinajstić information content (AvgIpc) is 2.45. The largest absolute Gasteiger partial charge is 0.314 e. The van der Waals surface area contributed by atoms with Gasteiger partial charge < -0.3 is 5.32 Å². The maximum atomic E-state index is 12.7. The van der Waals surface area contributed by atoms with Crippen LogP contribution in [0.2, 0.25) is 5.02 Å². The van der Waals surface area contributed by atoms with E-state index in [1.165, 1.54) is 0 Å². The maximum absolute atomic E-state index is 12.7. The fraction of sp³-hybridized carbons (Fsp3) is 0.600. The molecular weight excluding hydrogens is 294 g/mol. The first-order chi connectivity index (χ1) is 9.54. The second-order valence-electron chi connectivity index (χ2n) is 5.44. The molecule has 2 rings (SSSR count). The number of hydrogen-bond donors (Lipinski definition) is 1. The molecule has 0 heterocycles. The molecule has 1 aliphatic rings. The zero-order chi connectivity index (χ0) is 14.6. The van der Waals surface area contributed by atoms with Crippen LogP contribution in [0.1, 0.15) is 39.0 Å². The predicted molar refractivity (Wildman–Crippen MR) is 83.0 cm³/mol. The summed E-state index contributed by atoms with van der Waals surface area (Å²) in [5.74, 6) is 0. The van der Waals surface area contributed by atoms with Gasteiger partial charge in [0.25, 0.3) is 0 Å². The first-order valence-electron chi connectivity index (χ1n) is 7.27. The number of halogens is 1. The van der Waals surface area contributed by atoms with Gasteiger partial charge >= 0.3 is 0 Å². The Morgan fingerprint density at radius 3 is 2.85 bits per heavy atom. The van der Waals surface area contributed by atoms with E-state index < -0.39 is 9.84 Å². The summed E-state index contributed by atoms with van der Waals surface area (Å²) >= 11 is 5.91. The van der Waals surface area contributed by atoms with Gasteiger partial charge in [-0.25, -0.2) is 8.42 Å². The molecule has 112 valence electrons. The summed E-state index contributed by atoms with van der Waals surface area (Å²) in [5, 5.41) is 3.63. The molecule has 1 aromatic rings. The zero-order valence-electron chi connectivity index (χ0n) is 11.8. The van der Waals surface area contributed by atoms with Crippen molar-refractivity contribution in [3.8, 4) is 0 Å². The van der Waals surface area contributed by atoms with Crippen molar-refractivity contribution in [2.24, 2.45) is 0 Å². The molecule has 2 unspecified atom stereocenters. The molecule has 0 aliphatic heterocycles. The van der Waals surface area contributed by atoms with Crippen molar-refractivity contribution in [1.82, 2.24) is 5.32 Å². The molecule has 3 nitrogen and oxygen atoms in total. The molecule has 0 amide bonds. The molecule has 1 N–H and O–H groups in total. The van der Waals surface area contributed by atoms with Gasteiger partial charge in [-0.2, -0.15) is 0 Å². The number of rotatable bonds is 5. The van der Waals surface area contributed by atoms with Crippen molar-refractivity contribution >= 4 is 21.4 Å². The van der Waals surface area contributed by atoms with Crippen LogP contribution in [0, 0.1) is 0 Å². The molecule has 0 spiro atoms. The Balaban J connectivity index is 2.13. The minimum Gasteiger partial charge on any atom is -0.314 e. The first kappa shape index (κ1) is 15.8. The van der Waals surface area contributed by atoms with Crippen LogP contribution in [0.15, 0.2) is 29.2 Å². The minimum atomic E-state index is -3.27. The Kier molecular flexibility index (Phi) is 5.47. The lowest BCUT2D eigenvalue weighted by Gasteiger charge is -2.29. The van der Waals surface area contributed by atoms with Gasteiger partial charge in [0.15, 0.2) is 9.84 Å². The van der Waals surface area contributed by atoms with Gasteiger partial charge in [0, 0.05) is 11.1 Å². The molecule has 2 atom stereocenters. The van der Waals surface area contributed by atoms with Crippen LogP contribution in [-0.4, -0.2) is 26.3 Å². The van der Waals surface area contributed by atoms with Gasteiger partial charge in [-0.15, -0.1) is 0 Å². The highest BCUT2D eigenvalue weighted by Gasteiger charge is 2.32. The van der Waals surface area contributed by atoms with Gasteiger partial charge in [-0.05, 0) is 50.4 Å². The summed E-state index contributed by atoms with van der Waals surface area (Å²) in [4.78, 5) is 0.353. The summed E-state index contributed by atoms with van der Waals surface area (Å²) in [7, 11) is -3.27. The molecular formula is C15H22ClNO2S. The van der Waals surface area contributed by atoms with Gasteiger partial charge in [0.2, 0.25) is 0 Å². The quantitative estimate of drug-likeness (QED) is 0.905. The van der Waals surface area contributed by atoms with Crippen LogP contribution in [0.3, 0.4) is 0 Å². The molecule has 1 saturated carbocycles. The fourth-order valence-electron chi connectivity index (χ4n) is 2.80. The number of benzene rings is 1. The number of nitrogens with one attached hydrogen (secondary N) is 1. The number of sulfone groups is 1. The van der Waals surface area contributed by atoms with Crippen LogP contribution >= 0.6 is 11.6 Å². The van der Waals surface area contributed by atoms with Crippen LogP contribution < -0.4 is 5.32 Å². The standard InChI is InChI=1S/C15H22ClNO2S/c1-2-9-17-13-6-4-8-15(11-13)20(18,19)14-7-3-5-12(16)10-14/h3,5,7,10,13,15,17H,2,4,6,8-9,11H2,1H3. The Labute approximate surface area is 126 Å². The zero-order valence-corrected chi connectivity index (χ0v) is 13.4. The average molecular weight is 316 g/mol. The lowest BCUT2D eigenvalue weighted by atomic mass is 9.95. The number of hydrogen-bond acceptors (Lipinski definition) is 3. The van der Waals surface area contributed by atoms with E-state index >= 15 is 0 Å². The second-order valence-corrected chi connectivity index (χ2v) is 8.11. The van der Waals surface area contributed by atoms with Gasteiger partial charge in [0.05, 0.1) is 10.1 Å². The summed E-state index contributed by atoms with van der Waals surface area (Å²) < 4.78 is 25.3. The van der Waals surface area contributed by atoms with E-state index in [9.17, 15) is 8.42 Å². The van der Waals surface area contributed by atoms with E-state index in [0.717, 1.165) is 32.2 Å². The van der Waals surface area contributed by atoms with Crippen molar-refractivity contribution in [2.75, 3.05) is 6.54 Å². The van der Waals surface area contributed by atoms with Crippen molar-refractivity contribution < 1.29 is 8.42 Å². The first-order valence-corrected chi connectivity index (χ1v) is 9.19. The van der Waals surface area contributed by atoms with E-state index in [0.29, 0.717) is 22.4 Å². The van der Waals surface area contributed by atoms with Gasteiger partial charge in [-0.3, -0.25) is 0 Å². The van der Waals surface area contributed by atoms with E-state index in [4.69, 9.17) is 11.6 Å². The normalized spacial score (nSPS) is 23.7. The Morgan fingerprint density at radius 1 is 1.35 bits per heavy atom. The molecule has 0 radical (unpaired) electrons. The summed E-state index contributed by atoms with van der Waals surface area (Å²) in [6.45, 7) is 3.07. The third-order valence-corrected chi connectivity index (χ3v) is 6.32. The summed E-state index contributed by atoms with van der Waals surface area (Å²) in [6.07, 6.45) is 4.56. The molecule has 1 aromatic carbocycles. The highest BCUT2D eigenvalue weighted by molar-refractivity contribution is 7.92. The van der Waals surface area contributed by atoms with Crippen molar-refractivity contribution in [3.63, 3.8) is 0 Å². The topological polar surface area (TPSA) is 46.2 Å². The van der Waals surface area contributed by atoms with E-state index in [2.05, 4.69) is 12.2 Å². The molecule has 0 bridgehead atoms. The molecule has 0 saturated heterocycles. The third-order valence-electron chi connectivity index (χ3n) is 3.87. The van der Waals surface area contributed by atoms with Gasteiger partial charge in [-0.1, -0.05) is 31.0 Å². The van der Waals surface area contributed by atoms with Crippen molar-refractivity contribution in [2.45, 2.75) is 55.2 Å².